The van der Waals surface area contributed by atoms with Crippen LogP contribution in [0.3, 0.4) is 0 Å². The quantitative estimate of drug-likeness (QED) is 0.636. The molecule has 1 aromatic carbocycles. The lowest BCUT2D eigenvalue weighted by Gasteiger charge is -2.32. The number of hydrogen-bond donors (Lipinski definition) is 1. The third-order valence-corrected chi connectivity index (χ3v) is 3.15. The smallest absolute Gasteiger partial charge is 0.416 e. The third-order valence-electron chi connectivity index (χ3n) is 3.15. The molecule has 0 radical (unpaired) electrons. The minimum Gasteiger partial charge on any atom is -0.459 e. The summed E-state index contributed by atoms with van der Waals surface area (Å²) in [6, 6.07) is 4.04. The second kappa shape index (κ2) is 6.86. The lowest BCUT2D eigenvalue weighted by molar-refractivity contribution is -0.179. The largest absolute Gasteiger partial charge is 0.459 e. The molecule has 1 atom stereocenters. The lowest BCUT2D eigenvalue weighted by atomic mass is 9.86. The number of ether oxygens (including phenoxy) is 1. The van der Waals surface area contributed by atoms with Gasteiger partial charge in [-0.05, 0) is 32.4 Å². The van der Waals surface area contributed by atoms with Crippen molar-refractivity contribution in [3.05, 3.63) is 35.4 Å². The summed E-state index contributed by atoms with van der Waals surface area (Å²) in [6.45, 7) is 4.26. The number of alkyl halides is 6. The second-order valence-electron chi connectivity index (χ2n) is 6.78. The first kappa shape index (κ1) is 21.3. The van der Waals surface area contributed by atoms with Gasteiger partial charge in [-0.3, -0.25) is 4.79 Å². The van der Waals surface area contributed by atoms with E-state index in [2.05, 4.69) is 0 Å². The predicted molar refractivity (Wildman–Crippen MR) is 78.6 cm³/mol. The maximum atomic E-state index is 13.1. The van der Waals surface area contributed by atoms with Gasteiger partial charge in [0.25, 0.3) is 0 Å². The highest BCUT2D eigenvalue weighted by molar-refractivity contribution is 5.81. The summed E-state index contributed by atoms with van der Waals surface area (Å²) in [7, 11) is 0. The molecule has 142 valence electrons. The van der Waals surface area contributed by atoms with Crippen molar-refractivity contribution in [3.8, 4) is 0 Å². The number of halogens is 6. The first-order chi connectivity index (χ1) is 11.0. The minimum absolute atomic E-state index is 0.507. The Morgan fingerprint density at radius 2 is 1.56 bits per heavy atom. The van der Waals surface area contributed by atoms with Crippen molar-refractivity contribution in [2.45, 2.75) is 57.1 Å². The Labute approximate surface area is 141 Å². The summed E-state index contributed by atoms with van der Waals surface area (Å²) in [5.74, 6) is -1.41. The molecule has 0 bridgehead atoms. The Kier molecular flexibility index (Phi) is 5.83. The van der Waals surface area contributed by atoms with Crippen molar-refractivity contribution in [1.29, 1.82) is 0 Å². The van der Waals surface area contributed by atoms with Crippen LogP contribution in [-0.2, 0) is 22.1 Å². The Hall–Kier alpha value is -1.77. The van der Waals surface area contributed by atoms with Crippen molar-refractivity contribution in [3.63, 3.8) is 0 Å². The molecule has 0 amide bonds. The molecule has 0 aliphatic heterocycles. The van der Waals surface area contributed by atoms with Gasteiger partial charge in [0.15, 0.2) is 0 Å². The fourth-order valence-electron chi connectivity index (χ4n) is 2.24. The van der Waals surface area contributed by atoms with Gasteiger partial charge >= 0.3 is 18.3 Å². The normalized spacial score (nSPS) is 15.6. The number of carbonyl (C=O) groups excluding carboxylic acids is 1. The number of esters is 1. The Morgan fingerprint density at radius 1 is 1.04 bits per heavy atom. The zero-order chi connectivity index (χ0) is 19.7. The van der Waals surface area contributed by atoms with Crippen LogP contribution in [0, 0.1) is 0 Å². The highest BCUT2D eigenvalue weighted by atomic mass is 19.4. The summed E-state index contributed by atoms with van der Waals surface area (Å²) in [5.41, 5.74) is 0.152. The van der Waals surface area contributed by atoms with Crippen molar-refractivity contribution >= 4 is 5.97 Å². The highest BCUT2D eigenvalue weighted by Crippen LogP contribution is 2.36. The van der Waals surface area contributed by atoms with Gasteiger partial charge in [0.2, 0.25) is 0 Å². The molecule has 0 saturated heterocycles. The molecule has 0 fully saturated rings. The van der Waals surface area contributed by atoms with Gasteiger partial charge in [-0.15, -0.1) is 0 Å². The van der Waals surface area contributed by atoms with Gasteiger partial charge in [-0.25, -0.2) is 0 Å². The van der Waals surface area contributed by atoms with Gasteiger partial charge in [-0.2, -0.15) is 26.3 Å². The van der Waals surface area contributed by atoms with E-state index < -0.39 is 53.4 Å². The third kappa shape index (κ3) is 6.56. The van der Waals surface area contributed by atoms with E-state index in [0.29, 0.717) is 0 Å². The molecule has 9 heteroatoms. The van der Waals surface area contributed by atoms with Crippen LogP contribution < -0.4 is 5.73 Å². The van der Waals surface area contributed by atoms with E-state index in [1.54, 1.807) is 0 Å². The van der Waals surface area contributed by atoms with Crippen LogP contribution in [0.25, 0.3) is 0 Å². The Balaban J connectivity index is 3.30. The fourth-order valence-corrected chi connectivity index (χ4v) is 2.24. The van der Waals surface area contributed by atoms with Crippen LogP contribution in [0.5, 0.6) is 0 Å². The first-order valence-corrected chi connectivity index (χ1v) is 7.28. The van der Waals surface area contributed by atoms with Crippen LogP contribution in [-0.4, -0.2) is 23.3 Å². The van der Waals surface area contributed by atoms with Crippen molar-refractivity contribution < 1.29 is 35.9 Å². The molecule has 0 unspecified atom stereocenters. The molecule has 0 aromatic heterocycles. The number of carbonyl (C=O) groups is 1. The van der Waals surface area contributed by atoms with Crippen LogP contribution in [0.1, 0.15) is 38.3 Å². The Bertz CT molecular complexity index is 618. The van der Waals surface area contributed by atoms with E-state index in [1.165, 1.54) is 26.8 Å². The van der Waals surface area contributed by atoms with Crippen LogP contribution in [0.4, 0.5) is 26.3 Å². The molecule has 0 aliphatic carbocycles. The maximum absolute atomic E-state index is 13.1. The monoisotopic (exact) mass is 371 g/mol. The first-order valence-electron chi connectivity index (χ1n) is 7.28. The predicted octanol–water partition coefficient (Wildman–Crippen LogP) is 4.24. The van der Waals surface area contributed by atoms with Gasteiger partial charge < -0.3 is 10.5 Å². The van der Waals surface area contributed by atoms with E-state index in [9.17, 15) is 31.1 Å². The molecule has 0 spiro atoms. The summed E-state index contributed by atoms with van der Waals surface area (Å²) < 4.78 is 82.7. The molecule has 0 aliphatic rings. The van der Waals surface area contributed by atoms with Crippen molar-refractivity contribution in [2.75, 3.05) is 0 Å². The van der Waals surface area contributed by atoms with Crippen LogP contribution >= 0.6 is 0 Å². The zero-order valence-corrected chi connectivity index (χ0v) is 13.9. The summed E-state index contributed by atoms with van der Waals surface area (Å²) >= 11 is 0. The molecule has 2 N–H and O–H groups in total. The maximum Gasteiger partial charge on any atom is 0.416 e. The highest BCUT2D eigenvalue weighted by Gasteiger charge is 2.48. The van der Waals surface area contributed by atoms with E-state index in [-0.39, 0.29) is 0 Å². The van der Waals surface area contributed by atoms with Crippen LogP contribution in [0.2, 0.25) is 0 Å². The molecule has 0 heterocycles. The van der Waals surface area contributed by atoms with E-state index in [0.717, 1.165) is 18.2 Å². The SMILES string of the molecule is CC(C)(C)OC(=O)[C@@](N)(Cc1ccccc1C(F)(F)F)CC(F)(F)F. The van der Waals surface area contributed by atoms with E-state index >= 15 is 0 Å². The van der Waals surface area contributed by atoms with Gasteiger partial charge in [-0.1, -0.05) is 18.2 Å². The van der Waals surface area contributed by atoms with Crippen molar-refractivity contribution in [1.82, 2.24) is 0 Å². The molecule has 0 saturated carbocycles. The van der Waals surface area contributed by atoms with E-state index in [4.69, 9.17) is 10.5 Å². The average molecular weight is 371 g/mol. The van der Waals surface area contributed by atoms with Crippen LogP contribution in [0.15, 0.2) is 24.3 Å². The fraction of sp³-hybridized carbons (Fsp3) is 0.562. The van der Waals surface area contributed by atoms with Gasteiger partial charge in [0, 0.05) is 6.42 Å². The van der Waals surface area contributed by atoms with Gasteiger partial charge in [0.1, 0.15) is 11.1 Å². The molecular formula is C16H19F6NO2. The Morgan fingerprint density at radius 3 is 2.00 bits per heavy atom. The average Bonchev–Trinajstić information content (AvgIpc) is 2.33. The zero-order valence-electron chi connectivity index (χ0n) is 13.9. The van der Waals surface area contributed by atoms with Crippen molar-refractivity contribution in [2.24, 2.45) is 5.73 Å². The number of nitrogens with two attached hydrogens (primary N) is 1. The second-order valence-corrected chi connectivity index (χ2v) is 6.78. The summed E-state index contributed by atoms with van der Waals surface area (Å²) in [4.78, 5) is 12.2. The van der Waals surface area contributed by atoms with E-state index in [1.807, 2.05) is 0 Å². The molecule has 3 nitrogen and oxygen atoms in total. The van der Waals surface area contributed by atoms with Gasteiger partial charge in [0.05, 0.1) is 12.0 Å². The molecule has 1 aromatic rings. The molecule has 1 rings (SSSR count). The summed E-state index contributed by atoms with van der Waals surface area (Å²) in [6.07, 6.45) is -12.4. The lowest BCUT2D eigenvalue weighted by Crippen LogP contribution is -2.55. The number of rotatable bonds is 4. The number of benzene rings is 1. The molecule has 25 heavy (non-hydrogen) atoms. The molecular weight excluding hydrogens is 352 g/mol. The number of hydrogen-bond acceptors (Lipinski definition) is 3. The standard InChI is InChI=1S/C16H19F6NO2/c1-13(2,3)25-12(24)14(23,9-15(17,18)19)8-10-6-4-5-7-11(10)16(20,21)22/h4-7H,8-9,23H2,1-3H3/t14-/m1/s1. The minimum atomic E-state index is -4.86. The topological polar surface area (TPSA) is 52.3 Å². The summed E-state index contributed by atoms with van der Waals surface area (Å²) in [5, 5.41) is 0.